The molecule has 3 N–H and O–H groups in total. The van der Waals surface area contributed by atoms with Crippen molar-refractivity contribution in [1.82, 2.24) is 10.2 Å². The normalized spacial score (nSPS) is 23.4. The molecule has 0 spiro atoms. The molecule has 0 radical (unpaired) electrons. The second kappa shape index (κ2) is 6.53. The molecule has 0 atom stereocenters. The van der Waals surface area contributed by atoms with Gasteiger partial charge in [-0.15, -0.1) is 0 Å². The van der Waals surface area contributed by atoms with Crippen LogP contribution >= 0.6 is 0 Å². The van der Waals surface area contributed by atoms with Gasteiger partial charge in [0.25, 0.3) is 0 Å². The minimum absolute atomic E-state index is 0.198. The van der Waals surface area contributed by atoms with Crippen LogP contribution in [0, 0.1) is 5.41 Å². The largest absolute Gasteiger partial charge is 0.356 e. The summed E-state index contributed by atoms with van der Waals surface area (Å²) < 4.78 is 0. The van der Waals surface area contributed by atoms with E-state index in [1.165, 1.54) is 25.9 Å². The predicted molar refractivity (Wildman–Crippen MR) is 73.3 cm³/mol. The summed E-state index contributed by atoms with van der Waals surface area (Å²) in [5, 5.41) is 3.09. The van der Waals surface area contributed by atoms with Crippen molar-refractivity contribution in [2.45, 2.75) is 44.9 Å². The number of hydrogen-bond donors (Lipinski definition) is 2. The first-order valence-electron chi connectivity index (χ1n) is 7.48. The Bertz CT molecular complexity index is 268. The highest BCUT2D eigenvalue weighted by atomic mass is 16.2. The molecule has 1 aliphatic carbocycles. The summed E-state index contributed by atoms with van der Waals surface area (Å²) in [6.45, 7) is 4.90. The van der Waals surface area contributed by atoms with Gasteiger partial charge in [-0.25, -0.2) is 0 Å². The third-order valence-corrected chi connectivity index (χ3v) is 4.57. The van der Waals surface area contributed by atoms with Crippen molar-refractivity contribution in [3.8, 4) is 0 Å². The van der Waals surface area contributed by atoms with Crippen LogP contribution in [0.1, 0.15) is 44.9 Å². The number of rotatable bonds is 6. The zero-order valence-electron chi connectivity index (χ0n) is 11.4. The molecule has 2 fully saturated rings. The van der Waals surface area contributed by atoms with Crippen LogP contribution in [0.5, 0.6) is 0 Å². The Morgan fingerprint density at radius 3 is 2.44 bits per heavy atom. The molecule has 2 aliphatic rings. The number of hydrogen-bond acceptors (Lipinski definition) is 3. The fraction of sp³-hybridized carbons (Fsp3) is 0.929. The van der Waals surface area contributed by atoms with Gasteiger partial charge >= 0.3 is 0 Å². The van der Waals surface area contributed by atoms with Crippen molar-refractivity contribution in [3.63, 3.8) is 0 Å². The molecule has 18 heavy (non-hydrogen) atoms. The van der Waals surface area contributed by atoms with Crippen molar-refractivity contribution in [1.29, 1.82) is 0 Å². The fourth-order valence-corrected chi connectivity index (χ4v) is 3.27. The van der Waals surface area contributed by atoms with Crippen molar-refractivity contribution in [2.24, 2.45) is 11.1 Å². The molecule has 1 saturated heterocycles. The third-order valence-electron chi connectivity index (χ3n) is 4.57. The Morgan fingerprint density at radius 1 is 1.17 bits per heavy atom. The van der Waals surface area contributed by atoms with E-state index >= 15 is 0 Å². The summed E-state index contributed by atoms with van der Waals surface area (Å²) in [5.74, 6) is 0.198. The van der Waals surface area contributed by atoms with Crippen LogP contribution in [-0.2, 0) is 4.79 Å². The molecule has 4 heteroatoms. The molecule has 1 amide bonds. The number of carbonyl (C=O) groups is 1. The van der Waals surface area contributed by atoms with Crippen LogP contribution in [0.15, 0.2) is 0 Å². The fourth-order valence-electron chi connectivity index (χ4n) is 3.27. The summed E-state index contributed by atoms with van der Waals surface area (Å²) in [6, 6.07) is 0. The summed E-state index contributed by atoms with van der Waals surface area (Å²) in [7, 11) is 0. The zero-order chi connectivity index (χ0) is 12.8. The van der Waals surface area contributed by atoms with E-state index in [0.717, 1.165) is 45.2 Å². The average Bonchev–Trinajstić information content (AvgIpc) is 3.05. The summed E-state index contributed by atoms with van der Waals surface area (Å²) >= 11 is 0. The van der Waals surface area contributed by atoms with Crippen LogP contribution in [0.2, 0.25) is 0 Å². The van der Waals surface area contributed by atoms with Gasteiger partial charge in [-0.3, -0.25) is 4.79 Å². The monoisotopic (exact) mass is 253 g/mol. The molecule has 0 bridgehead atoms. The molecule has 0 aromatic carbocycles. The molecule has 2 rings (SSSR count). The average molecular weight is 253 g/mol. The zero-order valence-corrected chi connectivity index (χ0v) is 11.4. The highest BCUT2D eigenvalue weighted by Crippen LogP contribution is 2.37. The van der Waals surface area contributed by atoms with Gasteiger partial charge in [0.05, 0.1) is 5.41 Å². The van der Waals surface area contributed by atoms with Crippen molar-refractivity contribution < 1.29 is 4.79 Å². The van der Waals surface area contributed by atoms with E-state index in [9.17, 15) is 4.79 Å². The topological polar surface area (TPSA) is 58.4 Å². The SMILES string of the molecule is NCC1(C(=O)NCCCN2CCCC2)CCCC1. The van der Waals surface area contributed by atoms with E-state index in [-0.39, 0.29) is 11.3 Å². The van der Waals surface area contributed by atoms with E-state index in [4.69, 9.17) is 5.73 Å². The van der Waals surface area contributed by atoms with Crippen LogP contribution in [-0.4, -0.2) is 43.5 Å². The number of nitrogens with zero attached hydrogens (tertiary/aromatic N) is 1. The van der Waals surface area contributed by atoms with Crippen LogP contribution in [0.25, 0.3) is 0 Å². The molecule has 0 aromatic heterocycles. The lowest BCUT2D eigenvalue weighted by atomic mass is 9.85. The van der Waals surface area contributed by atoms with Crippen molar-refractivity contribution >= 4 is 5.91 Å². The van der Waals surface area contributed by atoms with Gasteiger partial charge in [-0.2, -0.15) is 0 Å². The second-order valence-electron chi connectivity index (χ2n) is 5.85. The first-order chi connectivity index (χ1) is 8.77. The van der Waals surface area contributed by atoms with Gasteiger partial charge < -0.3 is 16.0 Å². The van der Waals surface area contributed by atoms with Gasteiger partial charge in [-0.1, -0.05) is 12.8 Å². The maximum Gasteiger partial charge on any atom is 0.227 e. The number of carbonyl (C=O) groups excluding carboxylic acids is 1. The lowest BCUT2D eigenvalue weighted by Crippen LogP contribution is -2.44. The summed E-state index contributed by atoms with van der Waals surface area (Å²) in [6.07, 6.45) is 7.98. The molecule has 4 nitrogen and oxygen atoms in total. The first kappa shape index (κ1) is 13.8. The molecule has 0 aromatic rings. The molecule has 0 unspecified atom stereocenters. The second-order valence-corrected chi connectivity index (χ2v) is 5.85. The minimum Gasteiger partial charge on any atom is -0.356 e. The molecule has 1 heterocycles. The lowest BCUT2D eigenvalue weighted by Gasteiger charge is -2.26. The van der Waals surface area contributed by atoms with Crippen molar-refractivity contribution in [2.75, 3.05) is 32.7 Å². The number of likely N-dealkylation sites (tertiary alicyclic amines) is 1. The van der Waals surface area contributed by atoms with E-state index in [1.807, 2.05) is 0 Å². The van der Waals surface area contributed by atoms with Gasteiger partial charge in [0.1, 0.15) is 0 Å². The Labute approximate surface area is 110 Å². The molecule has 1 saturated carbocycles. The van der Waals surface area contributed by atoms with E-state index in [0.29, 0.717) is 6.54 Å². The summed E-state index contributed by atoms with van der Waals surface area (Å²) in [5.41, 5.74) is 5.56. The molecular weight excluding hydrogens is 226 g/mol. The number of amides is 1. The Morgan fingerprint density at radius 2 is 1.83 bits per heavy atom. The smallest absolute Gasteiger partial charge is 0.227 e. The van der Waals surface area contributed by atoms with E-state index in [2.05, 4.69) is 10.2 Å². The highest BCUT2D eigenvalue weighted by molar-refractivity contribution is 5.83. The Balaban J connectivity index is 1.64. The number of nitrogens with one attached hydrogen (secondary N) is 1. The van der Waals surface area contributed by atoms with Crippen LogP contribution < -0.4 is 11.1 Å². The Kier molecular flexibility index (Phi) is 5.01. The quantitative estimate of drug-likeness (QED) is 0.697. The third kappa shape index (κ3) is 3.23. The Hall–Kier alpha value is -0.610. The predicted octanol–water partition coefficient (Wildman–Crippen LogP) is 1.11. The maximum absolute atomic E-state index is 12.2. The van der Waals surface area contributed by atoms with Crippen LogP contribution in [0.3, 0.4) is 0 Å². The van der Waals surface area contributed by atoms with Gasteiger partial charge in [-0.05, 0) is 51.7 Å². The van der Waals surface area contributed by atoms with E-state index < -0.39 is 0 Å². The molecule has 1 aliphatic heterocycles. The highest BCUT2D eigenvalue weighted by Gasteiger charge is 2.39. The van der Waals surface area contributed by atoms with Crippen LogP contribution in [0.4, 0.5) is 0 Å². The lowest BCUT2D eigenvalue weighted by molar-refractivity contribution is -0.130. The van der Waals surface area contributed by atoms with Gasteiger partial charge in [0.2, 0.25) is 5.91 Å². The van der Waals surface area contributed by atoms with Crippen molar-refractivity contribution in [3.05, 3.63) is 0 Å². The van der Waals surface area contributed by atoms with E-state index in [1.54, 1.807) is 0 Å². The summed E-state index contributed by atoms with van der Waals surface area (Å²) in [4.78, 5) is 14.7. The maximum atomic E-state index is 12.2. The molecule has 104 valence electrons. The number of nitrogens with two attached hydrogens (primary N) is 1. The molecular formula is C14H27N3O. The standard InChI is InChI=1S/C14H27N3O/c15-12-14(6-1-2-7-14)13(18)16-8-5-11-17-9-3-4-10-17/h1-12,15H2,(H,16,18). The minimum atomic E-state index is -0.242. The van der Waals surface area contributed by atoms with Gasteiger partial charge in [0, 0.05) is 13.1 Å². The van der Waals surface area contributed by atoms with Gasteiger partial charge in [0.15, 0.2) is 0 Å². The first-order valence-corrected chi connectivity index (χ1v) is 7.48.